The molecule has 0 fully saturated rings. The molecule has 0 aliphatic carbocycles. The van der Waals surface area contributed by atoms with Crippen molar-refractivity contribution < 1.29 is 14.3 Å². The molecule has 3 aromatic carbocycles. The highest BCUT2D eigenvalue weighted by molar-refractivity contribution is 7.08. The second kappa shape index (κ2) is 13.0. The van der Waals surface area contributed by atoms with Crippen LogP contribution in [-0.2, 0) is 24.2 Å². The summed E-state index contributed by atoms with van der Waals surface area (Å²) in [7, 11) is 0. The van der Waals surface area contributed by atoms with Crippen LogP contribution in [0.25, 0.3) is 10.9 Å². The number of aromatic amines is 1. The number of aryl methyl sites for hydroxylation is 1. The van der Waals surface area contributed by atoms with Crippen LogP contribution in [0, 0.1) is 6.92 Å². The maximum atomic E-state index is 13.1. The molecule has 1 atom stereocenters. The van der Waals surface area contributed by atoms with Crippen molar-refractivity contribution in [2.75, 3.05) is 6.54 Å². The van der Waals surface area contributed by atoms with E-state index in [0.717, 1.165) is 39.1 Å². The van der Waals surface area contributed by atoms with Crippen LogP contribution in [0.2, 0.25) is 0 Å². The van der Waals surface area contributed by atoms with Gasteiger partial charge in [0.05, 0.1) is 18.0 Å². The molecule has 41 heavy (non-hydrogen) atoms. The Kier molecular flexibility index (Phi) is 8.80. The van der Waals surface area contributed by atoms with Crippen molar-refractivity contribution in [2.45, 2.75) is 32.4 Å². The molecule has 3 N–H and O–H groups in total. The largest absolute Gasteiger partial charge is 0.489 e. The third kappa shape index (κ3) is 7.64. The Labute approximate surface area is 240 Å². The molecule has 5 rings (SSSR count). The number of H-pyrrole nitrogens is 1. The Morgan fingerprint density at radius 3 is 2.51 bits per heavy atom. The predicted octanol–water partition coefficient (Wildman–Crippen LogP) is 3.97. The summed E-state index contributed by atoms with van der Waals surface area (Å²) in [5.41, 5.74) is 4.21. The Morgan fingerprint density at radius 1 is 1.00 bits per heavy atom. The number of fused-ring (bicyclic) bond motifs is 1. The standard InChI is InChI=1S/C31H29N5O4S/c1-20-15-23(26-9-5-6-10-27(26)33-20)19-40-25-13-11-22(12-14-25)30(38)34-24(17-29-35-36-31(39)41-29)18-32-28(37)16-21-7-3-2-4-8-21/h2-15,24H,16-19H2,1H3,(H,32,37)(H,34,38)(H,36,39). The van der Waals surface area contributed by atoms with E-state index in [-0.39, 0.29) is 29.7 Å². The van der Waals surface area contributed by atoms with Crippen molar-refractivity contribution in [1.82, 2.24) is 25.8 Å². The van der Waals surface area contributed by atoms with Crippen LogP contribution in [0.5, 0.6) is 5.75 Å². The van der Waals surface area contributed by atoms with Crippen LogP contribution in [0.4, 0.5) is 0 Å². The van der Waals surface area contributed by atoms with E-state index in [0.29, 0.717) is 29.3 Å². The lowest BCUT2D eigenvalue weighted by atomic mass is 10.1. The van der Waals surface area contributed by atoms with E-state index in [4.69, 9.17) is 4.74 Å². The lowest BCUT2D eigenvalue weighted by Gasteiger charge is -2.19. The molecule has 1 unspecified atom stereocenters. The number of amides is 2. The summed E-state index contributed by atoms with van der Waals surface area (Å²) in [4.78, 5) is 41.5. The molecule has 5 aromatic rings. The highest BCUT2D eigenvalue weighted by Gasteiger charge is 2.18. The topological polar surface area (TPSA) is 126 Å². The van der Waals surface area contributed by atoms with Crippen LogP contribution in [0.3, 0.4) is 0 Å². The highest BCUT2D eigenvalue weighted by atomic mass is 32.1. The molecule has 9 nitrogen and oxygen atoms in total. The molecular weight excluding hydrogens is 538 g/mol. The summed E-state index contributed by atoms with van der Waals surface area (Å²) in [6.45, 7) is 2.51. The van der Waals surface area contributed by atoms with Crippen molar-refractivity contribution >= 4 is 34.1 Å². The molecule has 0 saturated carbocycles. The Morgan fingerprint density at radius 2 is 1.76 bits per heavy atom. The number of hydrogen-bond donors (Lipinski definition) is 3. The smallest absolute Gasteiger partial charge is 0.322 e. The lowest BCUT2D eigenvalue weighted by Crippen LogP contribution is -2.45. The fourth-order valence-electron chi connectivity index (χ4n) is 4.46. The molecule has 0 bridgehead atoms. The molecular formula is C31H29N5O4S. The number of nitrogens with zero attached hydrogens (tertiary/aromatic N) is 2. The fourth-order valence-corrected chi connectivity index (χ4v) is 5.14. The van der Waals surface area contributed by atoms with Gasteiger partial charge in [-0.3, -0.25) is 19.4 Å². The maximum Gasteiger partial charge on any atom is 0.322 e. The van der Waals surface area contributed by atoms with Gasteiger partial charge in [0, 0.05) is 35.2 Å². The van der Waals surface area contributed by atoms with Crippen molar-refractivity contribution in [1.29, 1.82) is 0 Å². The first kappa shape index (κ1) is 27.7. The third-order valence-electron chi connectivity index (χ3n) is 6.43. The first-order valence-corrected chi connectivity index (χ1v) is 14.0. The van der Waals surface area contributed by atoms with Gasteiger partial charge in [-0.05, 0) is 48.9 Å². The predicted molar refractivity (Wildman–Crippen MR) is 158 cm³/mol. The van der Waals surface area contributed by atoms with Gasteiger partial charge in [0.15, 0.2) is 0 Å². The molecule has 2 aromatic heterocycles. The van der Waals surface area contributed by atoms with E-state index in [1.165, 1.54) is 0 Å². The van der Waals surface area contributed by atoms with E-state index in [9.17, 15) is 14.4 Å². The Hall–Kier alpha value is -4.83. The van der Waals surface area contributed by atoms with Gasteiger partial charge in [-0.15, -0.1) is 0 Å². The van der Waals surface area contributed by atoms with Crippen molar-refractivity contribution in [2.24, 2.45) is 0 Å². The molecule has 0 spiro atoms. The molecule has 2 heterocycles. The molecule has 10 heteroatoms. The molecule has 0 radical (unpaired) electrons. The molecule has 0 saturated heterocycles. The summed E-state index contributed by atoms with van der Waals surface area (Å²) in [5, 5.41) is 13.8. The SMILES string of the molecule is Cc1cc(COc2ccc(C(=O)NC(CNC(=O)Cc3ccccc3)Cc3n[nH]c(=O)s3)cc2)c2ccccc2n1. The fraction of sp³-hybridized carbons (Fsp3) is 0.194. The highest BCUT2D eigenvalue weighted by Crippen LogP contribution is 2.21. The van der Waals surface area contributed by atoms with Crippen LogP contribution >= 0.6 is 11.3 Å². The quantitative estimate of drug-likeness (QED) is 0.222. The minimum atomic E-state index is -0.472. The Bertz CT molecular complexity index is 1700. The van der Waals surface area contributed by atoms with Gasteiger partial charge < -0.3 is 15.4 Å². The van der Waals surface area contributed by atoms with Crippen molar-refractivity contribution in [3.8, 4) is 5.75 Å². The zero-order valence-corrected chi connectivity index (χ0v) is 23.2. The summed E-state index contributed by atoms with van der Waals surface area (Å²) in [5.74, 6) is 0.160. The van der Waals surface area contributed by atoms with E-state index in [1.807, 2.05) is 67.6 Å². The molecule has 208 valence electrons. The van der Waals surface area contributed by atoms with Crippen LogP contribution in [0.15, 0.2) is 89.7 Å². The Balaban J connectivity index is 1.21. The van der Waals surface area contributed by atoms with Crippen molar-refractivity contribution in [3.63, 3.8) is 0 Å². The van der Waals surface area contributed by atoms with Gasteiger partial charge >= 0.3 is 4.87 Å². The first-order chi connectivity index (χ1) is 19.9. The van der Waals surface area contributed by atoms with Gasteiger partial charge in [-0.2, -0.15) is 5.10 Å². The van der Waals surface area contributed by atoms with Gasteiger partial charge in [0.1, 0.15) is 17.4 Å². The number of benzene rings is 3. The molecule has 2 amide bonds. The minimum absolute atomic E-state index is 0.163. The van der Waals surface area contributed by atoms with E-state index in [1.54, 1.807) is 24.3 Å². The number of nitrogens with one attached hydrogen (secondary N) is 3. The zero-order valence-electron chi connectivity index (χ0n) is 22.4. The van der Waals surface area contributed by atoms with E-state index >= 15 is 0 Å². The number of rotatable bonds is 11. The maximum absolute atomic E-state index is 13.1. The summed E-state index contributed by atoms with van der Waals surface area (Å²) >= 11 is 0.976. The van der Waals surface area contributed by atoms with Gasteiger partial charge in [0.2, 0.25) is 5.91 Å². The average Bonchev–Trinajstić information content (AvgIpc) is 3.39. The first-order valence-electron chi connectivity index (χ1n) is 13.2. The number of carbonyl (C=O) groups is 2. The second-order valence-corrected chi connectivity index (χ2v) is 10.6. The van der Waals surface area contributed by atoms with E-state index in [2.05, 4.69) is 25.8 Å². The van der Waals surface area contributed by atoms with Gasteiger partial charge in [-0.1, -0.05) is 59.9 Å². The zero-order chi connectivity index (χ0) is 28.6. The molecule has 0 aliphatic rings. The van der Waals surface area contributed by atoms with E-state index < -0.39 is 6.04 Å². The normalized spacial score (nSPS) is 11.6. The van der Waals surface area contributed by atoms with Gasteiger partial charge in [-0.25, -0.2) is 5.10 Å². The number of ether oxygens (including phenoxy) is 1. The minimum Gasteiger partial charge on any atom is -0.489 e. The number of aromatic nitrogens is 3. The van der Waals surface area contributed by atoms with Crippen LogP contribution in [0.1, 0.15) is 32.2 Å². The number of para-hydroxylation sites is 1. The number of hydrogen-bond acceptors (Lipinski definition) is 7. The monoisotopic (exact) mass is 567 g/mol. The summed E-state index contributed by atoms with van der Waals surface area (Å²) < 4.78 is 6.02. The van der Waals surface area contributed by atoms with Gasteiger partial charge in [0.25, 0.3) is 5.91 Å². The second-order valence-electron chi connectivity index (χ2n) is 9.60. The lowest BCUT2D eigenvalue weighted by molar-refractivity contribution is -0.120. The summed E-state index contributed by atoms with van der Waals surface area (Å²) in [6.07, 6.45) is 0.523. The molecule has 0 aliphatic heterocycles. The average molecular weight is 568 g/mol. The number of pyridine rings is 1. The van der Waals surface area contributed by atoms with Crippen LogP contribution in [-0.4, -0.2) is 39.6 Å². The summed E-state index contributed by atoms with van der Waals surface area (Å²) in [6, 6.07) is 25.8. The number of carbonyl (C=O) groups excluding carboxylic acids is 2. The third-order valence-corrected chi connectivity index (χ3v) is 7.20. The van der Waals surface area contributed by atoms with Crippen molar-refractivity contribution in [3.05, 3.63) is 122 Å². The van der Waals surface area contributed by atoms with Crippen LogP contribution < -0.4 is 20.2 Å².